The van der Waals surface area contributed by atoms with Crippen LogP contribution in [0.15, 0.2) is 0 Å². The molecule has 6 heteroatoms. The van der Waals surface area contributed by atoms with Crippen LogP contribution in [-0.2, 0) is 4.79 Å². The average molecular weight is 260 g/mol. The van der Waals surface area contributed by atoms with Gasteiger partial charge in [-0.3, -0.25) is 0 Å². The Morgan fingerprint density at radius 1 is 1.47 bits per heavy atom. The van der Waals surface area contributed by atoms with E-state index < -0.39 is 12.0 Å². The van der Waals surface area contributed by atoms with E-state index in [0.717, 1.165) is 17.9 Å². The van der Waals surface area contributed by atoms with Crippen LogP contribution in [0.5, 0.6) is 0 Å². The van der Waals surface area contributed by atoms with Crippen LogP contribution >= 0.6 is 11.8 Å². The predicted octanol–water partition coefficient (Wildman–Crippen LogP) is 1.15. The normalized spacial score (nSPS) is 21.2. The fourth-order valence-electron chi connectivity index (χ4n) is 1.69. The third-order valence-electron chi connectivity index (χ3n) is 2.79. The van der Waals surface area contributed by atoms with E-state index in [2.05, 4.69) is 10.6 Å². The molecule has 1 saturated heterocycles. The van der Waals surface area contributed by atoms with E-state index in [0.29, 0.717) is 12.5 Å². The summed E-state index contributed by atoms with van der Waals surface area (Å²) in [5.74, 6) is 1.63. The highest BCUT2D eigenvalue weighted by Crippen LogP contribution is 2.22. The van der Waals surface area contributed by atoms with Gasteiger partial charge in [-0.1, -0.05) is 13.8 Å². The zero-order valence-electron chi connectivity index (χ0n) is 10.2. The minimum absolute atomic E-state index is 0.125. The second-order valence-electron chi connectivity index (χ2n) is 4.64. The van der Waals surface area contributed by atoms with Crippen LogP contribution in [0, 0.1) is 11.8 Å². The van der Waals surface area contributed by atoms with Gasteiger partial charge in [0.1, 0.15) is 6.04 Å². The summed E-state index contributed by atoms with van der Waals surface area (Å²) in [5, 5.41) is 14.1. The summed E-state index contributed by atoms with van der Waals surface area (Å²) in [6.45, 7) is 4.17. The first-order valence-corrected chi connectivity index (χ1v) is 7.01. The summed E-state index contributed by atoms with van der Waals surface area (Å²) in [7, 11) is 0. The molecule has 0 aliphatic carbocycles. The molecule has 1 aliphatic rings. The van der Waals surface area contributed by atoms with Crippen LogP contribution in [0.3, 0.4) is 0 Å². The van der Waals surface area contributed by atoms with E-state index >= 15 is 0 Å². The van der Waals surface area contributed by atoms with Gasteiger partial charge < -0.3 is 15.7 Å². The van der Waals surface area contributed by atoms with Crippen LogP contribution in [0.25, 0.3) is 0 Å². The number of carboxylic acid groups (broad SMARTS) is 1. The molecule has 98 valence electrons. The monoisotopic (exact) mass is 260 g/mol. The summed E-state index contributed by atoms with van der Waals surface area (Å²) in [4.78, 5) is 22.4. The predicted molar refractivity (Wildman–Crippen MR) is 68.2 cm³/mol. The molecule has 0 saturated carbocycles. The summed E-state index contributed by atoms with van der Waals surface area (Å²) < 4.78 is 0. The van der Waals surface area contributed by atoms with Gasteiger partial charge in [0.15, 0.2) is 0 Å². The van der Waals surface area contributed by atoms with E-state index in [-0.39, 0.29) is 11.9 Å². The van der Waals surface area contributed by atoms with Gasteiger partial charge in [-0.2, -0.15) is 11.8 Å². The number of rotatable bonds is 5. The van der Waals surface area contributed by atoms with Crippen molar-refractivity contribution in [3.63, 3.8) is 0 Å². The van der Waals surface area contributed by atoms with Crippen molar-refractivity contribution in [2.24, 2.45) is 11.8 Å². The molecule has 0 spiro atoms. The second kappa shape index (κ2) is 6.74. The molecule has 2 atom stereocenters. The Morgan fingerprint density at radius 2 is 2.18 bits per heavy atom. The maximum absolute atomic E-state index is 11.5. The zero-order valence-corrected chi connectivity index (χ0v) is 11.0. The first-order chi connectivity index (χ1) is 8.00. The number of carbonyl (C=O) groups excluding carboxylic acids is 1. The molecule has 0 aromatic carbocycles. The average Bonchev–Trinajstić information content (AvgIpc) is 2.74. The molecule has 0 aromatic heterocycles. The molecule has 1 aliphatic heterocycles. The van der Waals surface area contributed by atoms with Crippen molar-refractivity contribution < 1.29 is 14.7 Å². The second-order valence-corrected chi connectivity index (χ2v) is 5.79. The van der Waals surface area contributed by atoms with Gasteiger partial charge >= 0.3 is 12.0 Å². The molecule has 0 radical (unpaired) electrons. The van der Waals surface area contributed by atoms with Gasteiger partial charge in [-0.25, -0.2) is 9.59 Å². The summed E-state index contributed by atoms with van der Waals surface area (Å²) in [6, 6.07) is -1.21. The van der Waals surface area contributed by atoms with E-state index in [1.165, 1.54) is 0 Å². The van der Waals surface area contributed by atoms with E-state index in [1.54, 1.807) is 13.8 Å². The maximum Gasteiger partial charge on any atom is 0.326 e. The highest BCUT2D eigenvalue weighted by atomic mass is 32.2. The van der Waals surface area contributed by atoms with Gasteiger partial charge in [-0.15, -0.1) is 0 Å². The maximum atomic E-state index is 11.5. The van der Waals surface area contributed by atoms with Crippen molar-refractivity contribution >= 4 is 23.8 Å². The lowest BCUT2D eigenvalue weighted by Crippen LogP contribution is -2.49. The van der Waals surface area contributed by atoms with Gasteiger partial charge in [0.25, 0.3) is 0 Å². The van der Waals surface area contributed by atoms with Crippen molar-refractivity contribution in [3.8, 4) is 0 Å². The number of hydrogen-bond acceptors (Lipinski definition) is 3. The standard InChI is InChI=1S/C11H20N2O3S/c1-7(2)9(10(14)15)13-11(16)12-5-8-3-4-17-6-8/h7-9H,3-6H2,1-2H3,(H,14,15)(H2,12,13,16)/t8?,9-/m1/s1. The molecule has 0 bridgehead atoms. The molecule has 0 aromatic rings. The Hall–Kier alpha value is -0.910. The molecule has 1 rings (SSSR count). The van der Waals surface area contributed by atoms with Crippen LogP contribution in [-0.4, -0.2) is 41.2 Å². The molecular formula is C11H20N2O3S. The zero-order chi connectivity index (χ0) is 12.8. The molecule has 1 unspecified atom stereocenters. The quantitative estimate of drug-likeness (QED) is 0.693. The number of carbonyl (C=O) groups is 2. The number of thioether (sulfide) groups is 1. The Morgan fingerprint density at radius 3 is 2.65 bits per heavy atom. The molecule has 1 heterocycles. The highest BCUT2D eigenvalue weighted by Gasteiger charge is 2.24. The molecule has 5 nitrogen and oxygen atoms in total. The van der Waals surface area contributed by atoms with Gasteiger partial charge in [0.2, 0.25) is 0 Å². The minimum Gasteiger partial charge on any atom is -0.480 e. The number of amides is 2. The molecular weight excluding hydrogens is 240 g/mol. The molecule has 3 N–H and O–H groups in total. The van der Waals surface area contributed by atoms with Crippen molar-refractivity contribution in [1.82, 2.24) is 10.6 Å². The third-order valence-corrected chi connectivity index (χ3v) is 4.03. The lowest BCUT2D eigenvalue weighted by molar-refractivity contribution is -0.140. The fourth-order valence-corrected chi connectivity index (χ4v) is 2.97. The lowest BCUT2D eigenvalue weighted by Gasteiger charge is -2.19. The Labute approximate surface area is 106 Å². The smallest absolute Gasteiger partial charge is 0.326 e. The van der Waals surface area contributed by atoms with Crippen LogP contribution in [0.2, 0.25) is 0 Å². The first kappa shape index (κ1) is 14.2. The molecule has 1 fully saturated rings. The SMILES string of the molecule is CC(C)[C@@H](NC(=O)NCC1CCSC1)C(=O)O. The van der Waals surface area contributed by atoms with Crippen LogP contribution < -0.4 is 10.6 Å². The van der Waals surface area contributed by atoms with E-state index in [9.17, 15) is 9.59 Å². The molecule has 17 heavy (non-hydrogen) atoms. The Balaban J connectivity index is 2.29. The van der Waals surface area contributed by atoms with E-state index in [4.69, 9.17) is 5.11 Å². The number of nitrogens with one attached hydrogen (secondary N) is 2. The highest BCUT2D eigenvalue weighted by molar-refractivity contribution is 7.99. The Bertz CT molecular complexity index is 278. The largest absolute Gasteiger partial charge is 0.480 e. The number of urea groups is 1. The molecule has 2 amide bonds. The van der Waals surface area contributed by atoms with Gasteiger partial charge in [0.05, 0.1) is 0 Å². The van der Waals surface area contributed by atoms with Crippen LogP contribution in [0.1, 0.15) is 20.3 Å². The first-order valence-electron chi connectivity index (χ1n) is 5.85. The Kier molecular flexibility index (Phi) is 5.61. The summed E-state index contributed by atoms with van der Waals surface area (Å²) >= 11 is 1.89. The van der Waals surface area contributed by atoms with Crippen LogP contribution in [0.4, 0.5) is 4.79 Å². The fraction of sp³-hybridized carbons (Fsp3) is 0.818. The van der Waals surface area contributed by atoms with Crippen molar-refractivity contribution in [2.45, 2.75) is 26.3 Å². The third kappa shape index (κ3) is 4.85. The topological polar surface area (TPSA) is 78.4 Å². The number of carboxylic acids is 1. The number of hydrogen-bond donors (Lipinski definition) is 3. The van der Waals surface area contributed by atoms with E-state index in [1.807, 2.05) is 11.8 Å². The minimum atomic E-state index is -0.994. The number of aliphatic carboxylic acids is 1. The van der Waals surface area contributed by atoms with Crippen molar-refractivity contribution in [1.29, 1.82) is 0 Å². The van der Waals surface area contributed by atoms with Crippen molar-refractivity contribution in [2.75, 3.05) is 18.1 Å². The van der Waals surface area contributed by atoms with Gasteiger partial charge in [0, 0.05) is 6.54 Å². The summed E-state index contributed by atoms with van der Waals surface area (Å²) in [5.41, 5.74) is 0. The van der Waals surface area contributed by atoms with Crippen molar-refractivity contribution in [3.05, 3.63) is 0 Å². The van der Waals surface area contributed by atoms with Gasteiger partial charge in [-0.05, 0) is 29.8 Å². The lowest BCUT2D eigenvalue weighted by atomic mass is 10.1. The summed E-state index contributed by atoms with van der Waals surface area (Å²) in [6.07, 6.45) is 1.12.